The maximum Gasteiger partial charge on any atom is 0.251 e. The molecule has 2 aliphatic rings. The van der Waals surface area contributed by atoms with Crippen LogP contribution in [0.2, 0.25) is 0 Å². The molecule has 0 aromatic heterocycles. The number of ether oxygens (including phenoxy) is 2. The van der Waals surface area contributed by atoms with Crippen molar-refractivity contribution in [3.05, 3.63) is 29.3 Å². The Morgan fingerprint density at radius 1 is 1.50 bits per heavy atom. The van der Waals surface area contributed by atoms with E-state index >= 15 is 0 Å². The highest BCUT2D eigenvalue weighted by Gasteiger charge is 2.32. The van der Waals surface area contributed by atoms with Gasteiger partial charge in [-0.3, -0.25) is 4.79 Å². The molecule has 0 spiro atoms. The lowest BCUT2D eigenvalue weighted by Gasteiger charge is -2.17. The Bertz CT molecular complexity index is 528. The molecule has 2 N–H and O–H groups in total. The van der Waals surface area contributed by atoms with Crippen LogP contribution >= 0.6 is 0 Å². The molecule has 5 nitrogen and oxygen atoms in total. The quantitative estimate of drug-likeness (QED) is 0.879. The number of amides is 1. The van der Waals surface area contributed by atoms with Gasteiger partial charge in [0, 0.05) is 24.3 Å². The largest absolute Gasteiger partial charge is 0.384 e. The maximum absolute atomic E-state index is 12.1. The van der Waals surface area contributed by atoms with Crippen LogP contribution in [0.3, 0.4) is 0 Å². The third-order valence-electron chi connectivity index (χ3n) is 3.64. The van der Waals surface area contributed by atoms with Gasteiger partial charge in [0.1, 0.15) is 6.10 Å². The molecule has 108 valence electrons. The average Bonchev–Trinajstić information content (AvgIpc) is 3.01. The van der Waals surface area contributed by atoms with E-state index in [1.54, 1.807) is 0 Å². The van der Waals surface area contributed by atoms with Crippen LogP contribution in [-0.4, -0.2) is 37.5 Å². The molecule has 1 fully saturated rings. The lowest BCUT2D eigenvalue weighted by Crippen LogP contribution is -2.34. The van der Waals surface area contributed by atoms with Crippen molar-refractivity contribution in [3.63, 3.8) is 0 Å². The molecule has 1 saturated heterocycles. The van der Waals surface area contributed by atoms with Crippen molar-refractivity contribution in [3.8, 4) is 0 Å². The highest BCUT2D eigenvalue weighted by atomic mass is 16.7. The first-order chi connectivity index (χ1) is 9.53. The van der Waals surface area contributed by atoms with Crippen LogP contribution in [0, 0.1) is 0 Å². The number of fused-ring (bicyclic) bond motifs is 1. The minimum Gasteiger partial charge on any atom is -0.384 e. The third-order valence-corrected chi connectivity index (χ3v) is 3.64. The summed E-state index contributed by atoms with van der Waals surface area (Å²) >= 11 is 0. The van der Waals surface area contributed by atoms with E-state index in [9.17, 15) is 4.79 Å². The number of carbonyl (C=O) groups is 1. The molecule has 5 heteroatoms. The summed E-state index contributed by atoms with van der Waals surface area (Å²) in [6, 6.07) is 5.80. The fourth-order valence-corrected chi connectivity index (χ4v) is 2.60. The molecule has 3 rings (SSSR count). The monoisotopic (exact) mass is 276 g/mol. The summed E-state index contributed by atoms with van der Waals surface area (Å²) in [5.41, 5.74) is 3.02. The second kappa shape index (κ2) is 5.07. The van der Waals surface area contributed by atoms with Crippen molar-refractivity contribution in [2.45, 2.75) is 32.2 Å². The second-order valence-corrected chi connectivity index (χ2v) is 5.71. The molecule has 0 bridgehead atoms. The Hall–Kier alpha value is -1.59. The van der Waals surface area contributed by atoms with Gasteiger partial charge in [0.25, 0.3) is 5.91 Å². The summed E-state index contributed by atoms with van der Waals surface area (Å²) in [6.45, 7) is 5.68. The molecule has 0 aliphatic carbocycles. The van der Waals surface area contributed by atoms with E-state index in [2.05, 4.69) is 10.6 Å². The summed E-state index contributed by atoms with van der Waals surface area (Å²) < 4.78 is 11.1. The van der Waals surface area contributed by atoms with Gasteiger partial charge in [0.2, 0.25) is 0 Å². The minimum atomic E-state index is -0.549. The number of anilines is 1. The summed E-state index contributed by atoms with van der Waals surface area (Å²) in [4.78, 5) is 12.1. The lowest BCUT2D eigenvalue weighted by molar-refractivity contribution is -0.137. The van der Waals surface area contributed by atoms with E-state index in [1.807, 2.05) is 32.0 Å². The van der Waals surface area contributed by atoms with E-state index in [0.29, 0.717) is 18.7 Å². The van der Waals surface area contributed by atoms with Crippen molar-refractivity contribution in [2.75, 3.05) is 25.0 Å². The summed E-state index contributed by atoms with van der Waals surface area (Å²) in [5, 5.41) is 6.18. The highest BCUT2D eigenvalue weighted by molar-refractivity contribution is 5.95. The molecule has 1 aromatic rings. The molecular weight excluding hydrogens is 256 g/mol. The number of nitrogens with one attached hydrogen (secondary N) is 2. The first-order valence-corrected chi connectivity index (χ1v) is 7.00. The van der Waals surface area contributed by atoms with E-state index in [-0.39, 0.29) is 12.0 Å². The van der Waals surface area contributed by atoms with Crippen LogP contribution in [-0.2, 0) is 15.9 Å². The fraction of sp³-hybridized carbons (Fsp3) is 0.533. The van der Waals surface area contributed by atoms with E-state index < -0.39 is 5.79 Å². The molecule has 2 heterocycles. The Morgan fingerprint density at radius 3 is 3.10 bits per heavy atom. The first-order valence-electron chi connectivity index (χ1n) is 7.00. The molecule has 0 saturated carbocycles. The number of rotatable bonds is 3. The Balaban J connectivity index is 1.57. The first kappa shape index (κ1) is 13.4. The summed E-state index contributed by atoms with van der Waals surface area (Å²) in [5.74, 6) is -0.623. The van der Waals surface area contributed by atoms with Crippen LogP contribution in [0.5, 0.6) is 0 Å². The van der Waals surface area contributed by atoms with E-state index in [0.717, 1.165) is 18.7 Å². The van der Waals surface area contributed by atoms with Gasteiger partial charge >= 0.3 is 0 Å². The lowest BCUT2D eigenvalue weighted by atomic mass is 10.1. The molecule has 1 aromatic carbocycles. The zero-order valence-electron chi connectivity index (χ0n) is 11.9. The van der Waals surface area contributed by atoms with E-state index in [4.69, 9.17) is 9.47 Å². The zero-order valence-corrected chi connectivity index (χ0v) is 11.9. The summed E-state index contributed by atoms with van der Waals surface area (Å²) in [6.07, 6.45) is 0.945. The van der Waals surface area contributed by atoms with Crippen molar-refractivity contribution >= 4 is 11.6 Å². The van der Waals surface area contributed by atoms with Crippen LogP contribution in [0.15, 0.2) is 18.2 Å². The topological polar surface area (TPSA) is 59.6 Å². The molecule has 20 heavy (non-hydrogen) atoms. The number of hydrogen-bond acceptors (Lipinski definition) is 4. The number of hydrogen-bond donors (Lipinski definition) is 2. The smallest absolute Gasteiger partial charge is 0.251 e. The predicted octanol–water partition coefficient (Wildman–Crippen LogP) is 1.54. The van der Waals surface area contributed by atoms with Gasteiger partial charge in [-0.25, -0.2) is 0 Å². The molecule has 1 atom stereocenters. The molecule has 2 aliphatic heterocycles. The van der Waals surface area contributed by atoms with Crippen LogP contribution < -0.4 is 10.6 Å². The van der Waals surface area contributed by atoms with Gasteiger partial charge in [-0.1, -0.05) is 6.07 Å². The Labute approximate surface area is 118 Å². The van der Waals surface area contributed by atoms with Gasteiger partial charge in [-0.05, 0) is 38.0 Å². The molecule has 1 amide bonds. The Kier molecular flexibility index (Phi) is 3.40. The predicted molar refractivity (Wildman–Crippen MR) is 75.9 cm³/mol. The van der Waals surface area contributed by atoms with Crippen molar-refractivity contribution in [1.29, 1.82) is 0 Å². The van der Waals surface area contributed by atoms with Crippen molar-refractivity contribution in [1.82, 2.24) is 5.32 Å². The fourth-order valence-electron chi connectivity index (χ4n) is 2.60. The van der Waals surface area contributed by atoms with Gasteiger partial charge < -0.3 is 20.1 Å². The van der Waals surface area contributed by atoms with E-state index in [1.165, 1.54) is 5.56 Å². The van der Waals surface area contributed by atoms with Crippen LogP contribution in [0.4, 0.5) is 5.69 Å². The maximum atomic E-state index is 12.1. The average molecular weight is 276 g/mol. The van der Waals surface area contributed by atoms with Crippen LogP contribution in [0.1, 0.15) is 29.8 Å². The van der Waals surface area contributed by atoms with Gasteiger partial charge in [0.15, 0.2) is 5.79 Å². The highest BCUT2D eigenvalue weighted by Crippen LogP contribution is 2.24. The standard InChI is InChI=1S/C15H20N2O3/c1-15(2)19-9-12(20-15)8-17-14(18)11-4-3-10-5-6-16-13(10)7-11/h3-4,7,12,16H,5-6,8-9H2,1-2H3,(H,17,18). The minimum absolute atomic E-state index is 0.0743. The number of benzene rings is 1. The normalized spacial score (nSPS) is 23.2. The summed E-state index contributed by atoms with van der Waals surface area (Å²) in [7, 11) is 0. The molecule has 0 radical (unpaired) electrons. The van der Waals surface area contributed by atoms with Crippen molar-refractivity contribution in [2.24, 2.45) is 0 Å². The zero-order chi connectivity index (χ0) is 14.2. The third kappa shape index (κ3) is 2.78. The SMILES string of the molecule is CC1(C)OCC(CNC(=O)c2ccc3c(c2)NCC3)O1. The van der Waals surface area contributed by atoms with Gasteiger partial charge in [-0.15, -0.1) is 0 Å². The van der Waals surface area contributed by atoms with Crippen LogP contribution in [0.25, 0.3) is 0 Å². The molecular formula is C15H20N2O3. The number of carbonyl (C=O) groups excluding carboxylic acids is 1. The Morgan fingerprint density at radius 2 is 2.35 bits per heavy atom. The molecule has 1 unspecified atom stereocenters. The van der Waals surface area contributed by atoms with Crippen molar-refractivity contribution < 1.29 is 14.3 Å². The second-order valence-electron chi connectivity index (χ2n) is 5.71. The van der Waals surface area contributed by atoms with Gasteiger partial charge in [0.05, 0.1) is 6.61 Å². The van der Waals surface area contributed by atoms with Gasteiger partial charge in [-0.2, -0.15) is 0 Å².